The molecular weight excluding hydrogens is 492 g/mol. The van der Waals surface area contributed by atoms with E-state index in [1.807, 2.05) is 18.2 Å². The second-order valence-corrected chi connectivity index (χ2v) is 10.6. The van der Waals surface area contributed by atoms with Crippen LogP contribution in [0.1, 0.15) is 6.42 Å². The van der Waals surface area contributed by atoms with Crippen LogP contribution in [0.25, 0.3) is 0 Å². The van der Waals surface area contributed by atoms with Crippen molar-refractivity contribution in [3.8, 4) is 17.2 Å². The molecule has 2 aliphatic rings. The number of fused-ring (bicyclic) bond motifs is 2. The minimum Gasteiger partial charge on any atom is -0.504 e. The molecule has 0 spiro atoms. The minimum atomic E-state index is -4.07. The van der Waals surface area contributed by atoms with Crippen LogP contribution >= 0.6 is 11.6 Å². The summed E-state index contributed by atoms with van der Waals surface area (Å²) in [6.07, 6.45) is 0.711. The van der Waals surface area contributed by atoms with Crippen LogP contribution in [-0.4, -0.2) is 49.0 Å². The number of carbonyl (C=O) groups excluding carboxylic acids is 1. The maximum atomic E-state index is 13.3. The van der Waals surface area contributed by atoms with Gasteiger partial charge in [-0.25, -0.2) is 13.2 Å². The van der Waals surface area contributed by atoms with Crippen LogP contribution in [0.4, 0.5) is 16.2 Å². The number of nitrogens with zero attached hydrogens (tertiary/aromatic N) is 1. The number of nitrogens with one attached hydrogen (secondary N) is 3. The number of benzene rings is 3. The van der Waals surface area contributed by atoms with E-state index in [4.69, 9.17) is 16.3 Å². The van der Waals surface area contributed by atoms with E-state index in [2.05, 4.69) is 16.0 Å². The zero-order valence-corrected chi connectivity index (χ0v) is 20.0. The Kier molecular flexibility index (Phi) is 6.28. The van der Waals surface area contributed by atoms with Crippen molar-refractivity contribution in [3.05, 3.63) is 71.8 Å². The molecule has 3 aromatic carbocycles. The molecule has 2 bridgehead atoms. The van der Waals surface area contributed by atoms with Crippen LogP contribution < -0.4 is 20.7 Å². The highest BCUT2D eigenvalue weighted by atomic mass is 35.5. The van der Waals surface area contributed by atoms with Gasteiger partial charge in [0, 0.05) is 25.2 Å². The molecule has 35 heavy (non-hydrogen) atoms. The first-order valence-electron chi connectivity index (χ1n) is 11.0. The van der Waals surface area contributed by atoms with Crippen molar-refractivity contribution in [2.24, 2.45) is 0 Å². The predicted molar refractivity (Wildman–Crippen MR) is 133 cm³/mol. The second-order valence-electron chi connectivity index (χ2n) is 8.33. The van der Waals surface area contributed by atoms with Crippen molar-refractivity contribution in [1.82, 2.24) is 9.62 Å². The number of para-hydroxylation sites is 3. The van der Waals surface area contributed by atoms with E-state index in [1.165, 1.54) is 16.4 Å². The number of hydrogen-bond donors (Lipinski definition) is 4. The van der Waals surface area contributed by atoms with E-state index in [-0.39, 0.29) is 22.8 Å². The minimum absolute atomic E-state index is 0.0842. The van der Waals surface area contributed by atoms with Gasteiger partial charge in [-0.3, -0.25) is 0 Å². The molecule has 2 fully saturated rings. The van der Waals surface area contributed by atoms with Crippen LogP contribution in [0.3, 0.4) is 0 Å². The summed E-state index contributed by atoms with van der Waals surface area (Å²) >= 11 is 6.20. The smallest absolute Gasteiger partial charge is 0.323 e. The fraction of sp³-hybridized carbons (Fsp3) is 0.208. The molecule has 3 aromatic rings. The molecular formula is C24H23ClN4O5S. The standard InChI is InChI=1S/C24H23ClN4O5S/c25-18-10-11-20(22(30)23(18)35(32,33)29-14-15-12-16(29)13-26-15)28-24(31)27-19-8-4-5-9-21(19)34-17-6-2-1-3-7-17/h1-11,15-16,26,30H,12-14H2,(H2,27,28,31)/t15-,16-/m0/s1. The number of urea groups is 1. The Labute approximate surface area is 207 Å². The van der Waals surface area contributed by atoms with Crippen LogP contribution in [0.2, 0.25) is 5.02 Å². The normalized spacial score (nSPS) is 19.5. The molecule has 0 aromatic heterocycles. The summed E-state index contributed by atoms with van der Waals surface area (Å²) in [7, 11) is -4.07. The molecule has 2 heterocycles. The Bertz CT molecular complexity index is 1370. The predicted octanol–water partition coefficient (Wildman–Crippen LogP) is 4.22. The Hall–Kier alpha value is -3.31. The zero-order valence-electron chi connectivity index (χ0n) is 18.4. The zero-order chi connectivity index (χ0) is 24.6. The molecule has 0 aliphatic carbocycles. The number of carbonyl (C=O) groups is 1. The SMILES string of the molecule is O=C(Nc1ccccc1Oc1ccccc1)Nc1ccc(Cl)c(S(=O)(=O)N2C[C@@H]3C[C@H]2CN3)c1O. The second kappa shape index (κ2) is 9.38. The van der Waals surface area contributed by atoms with Crippen molar-refractivity contribution < 1.29 is 23.1 Å². The number of phenols is 1. The molecule has 2 atom stereocenters. The molecule has 2 saturated heterocycles. The van der Waals surface area contributed by atoms with Crippen LogP contribution in [0, 0.1) is 0 Å². The monoisotopic (exact) mass is 514 g/mol. The van der Waals surface area contributed by atoms with Gasteiger partial charge < -0.3 is 25.8 Å². The number of sulfonamides is 1. The number of phenolic OH excluding ortho intramolecular Hbond substituents is 1. The van der Waals surface area contributed by atoms with Crippen LogP contribution in [0.5, 0.6) is 17.2 Å². The van der Waals surface area contributed by atoms with Gasteiger partial charge in [0.2, 0.25) is 10.0 Å². The van der Waals surface area contributed by atoms with Gasteiger partial charge >= 0.3 is 6.03 Å². The molecule has 9 nitrogen and oxygen atoms in total. The average Bonchev–Trinajstić information content (AvgIpc) is 3.47. The Morgan fingerprint density at radius 3 is 2.46 bits per heavy atom. The molecule has 4 N–H and O–H groups in total. The van der Waals surface area contributed by atoms with Gasteiger partial charge in [-0.15, -0.1) is 0 Å². The van der Waals surface area contributed by atoms with E-state index < -0.39 is 26.7 Å². The summed E-state index contributed by atoms with van der Waals surface area (Å²) in [6, 6.07) is 17.8. The van der Waals surface area contributed by atoms with Crippen molar-refractivity contribution >= 4 is 39.0 Å². The third-order valence-corrected chi connectivity index (χ3v) is 8.43. The van der Waals surface area contributed by atoms with E-state index in [9.17, 15) is 18.3 Å². The lowest BCUT2D eigenvalue weighted by Gasteiger charge is -2.27. The van der Waals surface area contributed by atoms with Gasteiger partial charge in [-0.2, -0.15) is 4.31 Å². The van der Waals surface area contributed by atoms with Crippen molar-refractivity contribution in [1.29, 1.82) is 0 Å². The van der Waals surface area contributed by atoms with Crippen molar-refractivity contribution in [3.63, 3.8) is 0 Å². The first-order chi connectivity index (χ1) is 16.8. The summed E-state index contributed by atoms with van der Waals surface area (Å²) in [6.45, 7) is 0.853. The van der Waals surface area contributed by atoms with Crippen molar-refractivity contribution in [2.75, 3.05) is 23.7 Å². The van der Waals surface area contributed by atoms with E-state index in [0.717, 1.165) is 0 Å². The number of piperazine rings is 1. The first kappa shape index (κ1) is 23.4. The number of rotatable bonds is 6. The molecule has 0 saturated carbocycles. The van der Waals surface area contributed by atoms with E-state index in [0.29, 0.717) is 36.7 Å². The van der Waals surface area contributed by atoms with Crippen LogP contribution in [-0.2, 0) is 10.0 Å². The number of amides is 2. The van der Waals surface area contributed by atoms with Gasteiger partial charge in [0.15, 0.2) is 11.5 Å². The third-order valence-electron chi connectivity index (χ3n) is 6.01. The summed E-state index contributed by atoms with van der Waals surface area (Å²) in [5.74, 6) is 0.394. The first-order valence-corrected chi connectivity index (χ1v) is 12.8. The average molecular weight is 515 g/mol. The number of anilines is 2. The highest BCUT2D eigenvalue weighted by Crippen LogP contribution is 2.41. The summed E-state index contributed by atoms with van der Waals surface area (Å²) in [5.41, 5.74) is 0.296. The number of aromatic hydroxyl groups is 1. The molecule has 0 radical (unpaired) electrons. The molecule has 2 amide bonds. The van der Waals surface area contributed by atoms with Gasteiger partial charge in [0.05, 0.1) is 16.4 Å². The highest BCUT2D eigenvalue weighted by molar-refractivity contribution is 7.89. The summed E-state index contributed by atoms with van der Waals surface area (Å²) in [5, 5.41) is 19.1. The third kappa shape index (κ3) is 4.65. The highest BCUT2D eigenvalue weighted by Gasteiger charge is 2.45. The summed E-state index contributed by atoms with van der Waals surface area (Å²) < 4.78 is 33.8. The maximum absolute atomic E-state index is 13.3. The Balaban J connectivity index is 1.36. The molecule has 182 valence electrons. The maximum Gasteiger partial charge on any atom is 0.323 e. The van der Waals surface area contributed by atoms with Gasteiger partial charge in [-0.05, 0) is 42.8 Å². The molecule has 0 unspecified atom stereocenters. The topological polar surface area (TPSA) is 120 Å². The number of hydrogen-bond acceptors (Lipinski definition) is 6. The lowest BCUT2D eigenvalue weighted by Crippen LogP contribution is -2.46. The van der Waals surface area contributed by atoms with Gasteiger partial charge in [-0.1, -0.05) is 41.9 Å². The fourth-order valence-electron chi connectivity index (χ4n) is 4.38. The largest absolute Gasteiger partial charge is 0.504 e. The number of ether oxygens (including phenoxy) is 1. The summed E-state index contributed by atoms with van der Waals surface area (Å²) in [4.78, 5) is 12.3. The Morgan fingerprint density at radius 1 is 1.03 bits per heavy atom. The van der Waals surface area contributed by atoms with Crippen molar-refractivity contribution in [2.45, 2.75) is 23.4 Å². The van der Waals surface area contributed by atoms with E-state index in [1.54, 1.807) is 36.4 Å². The Morgan fingerprint density at radius 2 is 1.74 bits per heavy atom. The lowest BCUT2D eigenvalue weighted by atomic mass is 10.2. The van der Waals surface area contributed by atoms with Gasteiger partial charge in [0.25, 0.3) is 0 Å². The molecule has 2 aliphatic heterocycles. The molecule has 11 heteroatoms. The van der Waals surface area contributed by atoms with Crippen LogP contribution in [0.15, 0.2) is 71.6 Å². The van der Waals surface area contributed by atoms with E-state index >= 15 is 0 Å². The molecule has 5 rings (SSSR count). The quantitative estimate of drug-likeness (QED) is 0.366. The van der Waals surface area contributed by atoms with Gasteiger partial charge in [0.1, 0.15) is 10.6 Å². The number of halogens is 1. The fourth-order valence-corrected chi connectivity index (χ4v) is 6.65. The lowest BCUT2D eigenvalue weighted by molar-refractivity contribution is 0.262.